The number of hydrogen-bond acceptors (Lipinski definition) is 3. The van der Waals surface area contributed by atoms with Crippen molar-refractivity contribution >= 4 is 27.5 Å². The third-order valence-electron chi connectivity index (χ3n) is 1.46. The van der Waals surface area contributed by atoms with Gasteiger partial charge >= 0.3 is 0 Å². The Bertz CT molecular complexity index is 193. The van der Waals surface area contributed by atoms with Gasteiger partial charge in [-0.15, -0.1) is 0 Å². The summed E-state index contributed by atoms with van der Waals surface area (Å²) in [5.41, 5.74) is 0. The van der Waals surface area contributed by atoms with Crippen molar-refractivity contribution in [2.45, 2.75) is 46.5 Å². The zero-order valence-corrected chi connectivity index (χ0v) is 10.9. The molecule has 0 N–H and O–H groups in total. The van der Waals surface area contributed by atoms with Crippen molar-refractivity contribution in [1.29, 1.82) is 0 Å². The number of aromatic nitrogens is 2. The molecule has 1 aromatic heterocycles. The number of halogens is 1. The average molecular weight is 265 g/mol. The fourth-order valence-corrected chi connectivity index (χ4v) is 1.67. The second-order valence-corrected chi connectivity index (χ2v) is 4.83. The van der Waals surface area contributed by atoms with Crippen LogP contribution in [0.4, 0.5) is 0 Å². The van der Waals surface area contributed by atoms with Crippen LogP contribution in [0.25, 0.3) is 0 Å². The lowest BCUT2D eigenvalue weighted by molar-refractivity contribution is 0.702. The maximum absolute atomic E-state index is 3.94. The minimum atomic E-state index is 0.830. The number of unbranched alkanes of at least 4 members (excludes halogenated alkanes) is 3. The molecule has 0 aliphatic rings. The Labute approximate surface area is 93.1 Å². The first-order valence-corrected chi connectivity index (χ1v) is 6.23. The lowest BCUT2D eigenvalue weighted by atomic mass is 10.2. The molecule has 1 rings (SSSR count). The summed E-state index contributed by atoms with van der Waals surface area (Å²) in [5.74, 6) is 0.830. The van der Waals surface area contributed by atoms with Crippen molar-refractivity contribution in [2.75, 3.05) is 0 Å². The van der Waals surface area contributed by atoms with Gasteiger partial charge in [-0.2, -0.15) is 4.37 Å². The molecule has 13 heavy (non-hydrogen) atoms. The Morgan fingerprint density at radius 3 is 1.92 bits per heavy atom. The van der Waals surface area contributed by atoms with Crippen LogP contribution < -0.4 is 0 Å². The van der Waals surface area contributed by atoms with Gasteiger partial charge in [-0.1, -0.05) is 39.5 Å². The van der Waals surface area contributed by atoms with Crippen LogP contribution in [-0.2, 0) is 0 Å². The molecule has 0 aromatic carbocycles. The first-order chi connectivity index (χ1) is 6.20. The molecular formula is C9H17BrN2S. The number of rotatable bonds is 3. The molecule has 1 heterocycles. The molecule has 0 fully saturated rings. The Balaban J connectivity index is 0.000000226. The highest BCUT2D eigenvalue weighted by atomic mass is 79.9. The topological polar surface area (TPSA) is 25.8 Å². The highest BCUT2D eigenvalue weighted by Gasteiger charge is 1.90. The Hall–Kier alpha value is 0.0400. The van der Waals surface area contributed by atoms with Crippen molar-refractivity contribution in [3.63, 3.8) is 0 Å². The molecular weight excluding hydrogens is 248 g/mol. The largest absolute Gasteiger partial charge is 0.213 e. The molecule has 2 nitrogen and oxygen atoms in total. The fourth-order valence-electron chi connectivity index (χ4n) is 0.772. The highest BCUT2D eigenvalue weighted by Crippen LogP contribution is 2.10. The van der Waals surface area contributed by atoms with Crippen LogP contribution in [-0.4, -0.2) is 9.36 Å². The minimum absolute atomic E-state index is 0.830. The minimum Gasteiger partial charge on any atom is -0.213 e. The van der Waals surface area contributed by atoms with E-state index in [0.29, 0.717) is 0 Å². The summed E-state index contributed by atoms with van der Waals surface area (Å²) in [6, 6.07) is 0. The summed E-state index contributed by atoms with van der Waals surface area (Å²) in [6.45, 7) is 6.33. The first-order valence-electron chi connectivity index (χ1n) is 4.66. The van der Waals surface area contributed by atoms with Gasteiger partial charge in [0.1, 0.15) is 5.82 Å². The summed E-state index contributed by atoms with van der Waals surface area (Å²) < 4.78 is 4.75. The van der Waals surface area contributed by atoms with E-state index in [1.165, 1.54) is 37.2 Å². The van der Waals surface area contributed by atoms with Crippen molar-refractivity contribution < 1.29 is 0 Å². The van der Waals surface area contributed by atoms with E-state index in [4.69, 9.17) is 0 Å². The molecule has 4 heteroatoms. The highest BCUT2D eigenvalue weighted by molar-refractivity contribution is 9.11. The van der Waals surface area contributed by atoms with Gasteiger partial charge in [-0.05, 0) is 34.4 Å². The van der Waals surface area contributed by atoms with E-state index in [1.54, 1.807) is 0 Å². The van der Waals surface area contributed by atoms with Crippen molar-refractivity contribution in [3.8, 4) is 0 Å². The van der Waals surface area contributed by atoms with Crippen molar-refractivity contribution in [2.24, 2.45) is 0 Å². The van der Waals surface area contributed by atoms with Gasteiger partial charge in [-0.3, -0.25) is 0 Å². The van der Waals surface area contributed by atoms with E-state index in [1.807, 2.05) is 6.92 Å². The van der Waals surface area contributed by atoms with Gasteiger partial charge in [0, 0.05) is 0 Å². The Kier molecular flexibility index (Phi) is 8.66. The second-order valence-electron chi connectivity index (χ2n) is 2.80. The average Bonchev–Trinajstić information content (AvgIpc) is 2.47. The van der Waals surface area contributed by atoms with Gasteiger partial charge in [0.05, 0.1) is 0 Å². The van der Waals surface area contributed by atoms with Gasteiger partial charge in [0.2, 0.25) is 0 Å². The van der Waals surface area contributed by atoms with E-state index in [0.717, 1.165) is 9.74 Å². The molecule has 0 atom stereocenters. The first kappa shape index (κ1) is 13.0. The Morgan fingerprint density at radius 2 is 1.77 bits per heavy atom. The number of aryl methyl sites for hydroxylation is 1. The summed E-state index contributed by atoms with van der Waals surface area (Å²) in [7, 11) is 0. The number of nitrogens with zero attached hydrogens (tertiary/aromatic N) is 2. The van der Waals surface area contributed by atoms with Crippen LogP contribution in [0.3, 0.4) is 0 Å². The van der Waals surface area contributed by atoms with E-state index >= 15 is 0 Å². The molecule has 0 aliphatic carbocycles. The third-order valence-corrected chi connectivity index (χ3v) is 2.67. The van der Waals surface area contributed by atoms with E-state index in [9.17, 15) is 0 Å². The van der Waals surface area contributed by atoms with Gasteiger partial charge in [-0.25, -0.2) is 4.98 Å². The van der Waals surface area contributed by atoms with Crippen molar-refractivity contribution in [1.82, 2.24) is 9.36 Å². The zero-order chi connectivity index (χ0) is 10.1. The summed E-state index contributed by atoms with van der Waals surface area (Å²) >= 11 is 4.54. The fraction of sp³-hybridized carbons (Fsp3) is 0.778. The predicted molar refractivity (Wildman–Crippen MR) is 62.2 cm³/mol. The predicted octanol–water partition coefficient (Wildman–Crippen LogP) is 4.20. The SMILES string of the molecule is CCCCCC.Cc1nsc(Br)n1. The van der Waals surface area contributed by atoms with Crippen LogP contribution >= 0.6 is 27.5 Å². The summed E-state index contributed by atoms with van der Waals surface area (Å²) in [4.78, 5) is 3.94. The normalized spacial score (nSPS) is 9.23. The molecule has 1 aromatic rings. The van der Waals surface area contributed by atoms with Crippen LogP contribution in [0.1, 0.15) is 45.4 Å². The summed E-state index contributed by atoms with van der Waals surface area (Å²) in [5, 5.41) is 0. The second kappa shape index (κ2) is 8.63. The molecule has 0 amide bonds. The van der Waals surface area contributed by atoms with Crippen LogP contribution in [0, 0.1) is 6.92 Å². The van der Waals surface area contributed by atoms with Crippen molar-refractivity contribution in [3.05, 3.63) is 9.74 Å². The summed E-state index contributed by atoms with van der Waals surface area (Å²) in [6.07, 6.45) is 5.54. The van der Waals surface area contributed by atoms with E-state index < -0.39 is 0 Å². The molecule has 0 spiro atoms. The lowest BCUT2D eigenvalue weighted by Crippen LogP contribution is -1.67. The molecule has 0 saturated carbocycles. The molecule has 0 bridgehead atoms. The van der Waals surface area contributed by atoms with E-state index in [2.05, 4.69) is 39.1 Å². The molecule has 0 radical (unpaired) electrons. The molecule has 0 saturated heterocycles. The van der Waals surface area contributed by atoms with Crippen LogP contribution in [0.5, 0.6) is 0 Å². The van der Waals surface area contributed by atoms with Gasteiger partial charge in [0.15, 0.2) is 3.92 Å². The molecule has 0 aliphatic heterocycles. The zero-order valence-electron chi connectivity index (χ0n) is 8.51. The van der Waals surface area contributed by atoms with Crippen LogP contribution in [0.2, 0.25) is 0 Å². The van der Waals surface area contributed by atoms with Gasteiger partial charge < -0.3 is 0 Å². The van der Waals surface area contributed by atoms with Gasteiger partial charge in [0.25, 0.3) is 0 Å². The molecule has 76 valence electrons. The standard InChI is InChI=1S/C6H14.C3H3BrN2S/c1-3-5-6-4-2;1-2-5-3(4)7-6-2/h3-6H2,1-2H3;1H3. The number of hydrogen-bond donors (Lipinski definition) is 0. The van der Waals surface area contributed by atoms with Crippen LogP contribution in [0.15, 0.2) is 3.92 Å². The van der Waals surface area contributed by atoms with E-state index in [-0.39, 0.29) is 0 Å². The molecule has 0 unspecified atom stereocenters. The lowest BCUT2D eigenvalue weighted by Gasteiger charge is -1.86. The smallest absolute Gasteiger partial charge is 0.179 e. The quantitative estimate of drug-likeness (QED) is 0.765. The third kappa shape index (κ3) is 8.37. The maximum atomic E-state index is 3.94. The maximum Gasteiger partial charge on any atom is 0.179 e. The Morgan fingerprint density at radius 1 is 1.23 bits per heavy atom. The monoisotopic (exact) mass is 264 g/mol.